The van der Waals surface area contributed by atoms with Gasteiger partial charge in [0.1, 0.15) is 11.4 Å². The van der Waals surface area contributed by atoms with Crippen LogP contribution >= 0.6 is 109 Å². The Morgan fingerprint density at radius 3 is 1.49 bits per heavy atom. The zero-order chi connectivity index (χ0) is 33.2. The molecule has 45 heavy (non-hydrogen) atoms. The average Bonchev–Trinajstić information content (AvgIpc) is 3.52. The molecule has 4 aromatic rings. The number of carbonyl (C=O) groups excluding carboxylic acids is 2. The highest BCUT2D eigenvalue weighted by atomic mass is 79.9. The molecule has 0 amide bonds. The fraction of sp³-hybridized carbons (Fsp3) is 0.286. The summed E-state index contributed by atoms with van der Waals surface area (Å²) >= 11 is 47.2. The molecule has 2 heterocycles. The van der Waals surface area contributed by atoms with Gasteiger partial charge in [0.25, 0.3) is 3.25 Å². The van der Waals surface area contributed by atoms with Gasteiger partial charge in [-0.15, -0.1) is 0 Å². The maximum Gasteiger partial charge on any atom is 0.358 e. The van der Waals surface area contributed by atoms with E-state index < -0.39 is 15.2 Å². The van der Waals surface area contributed by atoms with Crippen LogP contribution in [-0.2, 0) is 14.8 Å². The van der Waals surface area contributed by atoms with E-state index in [4.69, 9.17) is 102 Å². The molecule has 4 rings (SSSR count). The first-order chi connectivity index (χ1) is 20.6. The lowest BCUT2D eigenvalue weighted by molar-refractivity contribution is 0.0509. The predicted octanol–water partition coefficient (Wildman–Crippen LogP) is 11.1. The van der Waals surface area contributed by atoms with Crippen LogP contribution in [0.4, 0.5) is 0 Å². The van der Waals surface area contributed by atoms with Gasteiger partial charge in [0.05, 0.1) is 39.0 Å². The summed E-state index contributed by atoms with van der Waals surface area (Å²) in [5.74, 6) is -0.941. The van der Waals surface area contributed by atoms with E-state index in [1.54, 1.807) is 67.1 Å². The van der Waals surface area contributed by atoms with Crippen LogP contribution < -0.4 is 0 Å². The van der Waals surface area contributed by atoms with Gasteiger partial charge in [-0.05, 0) is 57.2 Å². The first kappa shape index (κ1) is 41.6. The zero-order valence-electron chi connectivity index (χ0n) is 23.1. The smallest absolute Gasteiger partial charge is 0.358 e. The lowest BCUT2D eigenvalue weighted by Gasteiger charge is -2.09. The second-order valence-electron chi connectivity index (χ2n) is 8.16. The summed E-state index contributed by atoms with van der Waals surface area (Å²) in [4.78, 5) is 23.4. The van der Waals surface area contributed by atoms with Gasteiger partial charge in [0.15, 0.2) is 11.4 Å². The third-order valence-electron chi connectivity index (χ3n) is 5.08. The van der Waals surface area contributed by atoms with E-state index in [1.807, 2.05) is 6.92 Å². The quantitative estimate of drug-likeness (QED) is 0.136. The van der Waals surface area contributed by atoms with Crippen LogP contribution in [0, 0.1) is 6.92 Å². The first-order valence-corrected chi connectivity index (χ1v) is 16.5. The summed E-state index contributed by atoms with van der Waals surface area (Å²) in [5.41, 5.74) is 3.05. The molecule has 0 spiro atoms. The molecule has 246 valence electrons. The molecule has 0 saturated carbocycles. The van der Waals surface area contributed by atoms with Crippen molar-refractivity contribution in [1.29, 1.82) is 0 Å². The summed E-state index contributed by atoms with van der Waals surface area (Å²) in [6.07, 6.45) is 0. The summed E-state index contributed by atoms with van der Waals surface area (Å²) in [6, 6.07) is 13.6. The molecule has 0 radical (unpaired) electrons. The Labute approximate surface area is 309 Å². The maximum atomic E-state index is 11.7. The molecule has 0 N–H and O–H groups in total. The van der Waals surface area contributed by atoms with E-state index in [9.17, 15) is 9.59 Å². The minimum absolute atomic E-state index is 0. The van der Waals surface area contributed by atoms with Gasteiger partial charge in [-0.3, -0.25) is 0 Å². The molecule has 0 aliphatic heterocycles. The number of nitrogens with zero attached hydrogens (tertiary/aromatic N) is 4. The monoisotopic (exact) mass is 842 g/mol. The molecular formula is C28H27BrCl8N4O4. The zero-order valence-corrected chi connectivity index (χ0v) is 30.7. The molecule has 2 aromatic heterocycles. The Kier molecular flexibility index (Phi) is 18.0. The van der Waals surface area contributed by atoms with Gasteiger partial charge in [-0.25, -0.2) is 19.0 Å². The molecule has 0 unspecified atom stereocenters. The van der Waals surface area contributed by atoms with Gasteiger partial charge in [-0.2, -0.15) is 10.2 Å². The van der Waals surface area contributed by atoms with Crippen LogP contribution in [0.5, 0.6) is 0 Å². The molecule has 2 aromatic carbocycles. The van der Waals surface area contributed by atoms with Gasteiger partial charge in [-0.1, -0.05) is 128 Å². The highest BCUT2D eigenvalue weighted by Gasteiger charge is 2.19. The van der Waals surface area contributed by atoms with Crippen molar-refractivity contribution in [3.8, 4) is 11.4 Å². The van der Waals surface area contributed by atoms with Crippen molar-refractivity contribution in [2.24, 2.45) is 0 Å². The molecule has 0 aliphatic carbocycles. The second kappa shape index (κ2) is 19.4. The molecule has 0 atom stereocenters. The van der Waals surface area contributed by atoms with Crippen molar-refractivity contribution >= 4 is 121 Å². The number of ether oxygens (including phenoxy) is 2. The van der Waals surface area contributed by atoms with Crippen molar-refractivity contribution in [2.75, 3.05) is 13.2 Å². The SMILES string of the molecule is C.CCOC(=O)c1cc(C)n(-c2c(Cl)cccc2Cl)n1.CCOC(=O)c1cc(CBr)n(-c2c(Cl)cccc2Cl)n1.ClC(Cl)(Cl)Cl. The normalized spacial score (nSPS) is 10.5. The summed E-state index contributed by atoms with van der Waals surface area (Å²) in [5, 5.41) is 10.8. The fourth-order valence-corrected chi connectivity index (χ4v) is 4.92. The highest BCUT2D eigenvalue weighted by Crippen LogP contribution is 2.31. The van der Waals surface area contributed by atoms with E-state index in [0.717, 1.165) is 11.4 Å². The van der Waals surface area contributed by atoms with Gasteiger partial charge < -0.3 is 9.47 Å². The van der Waals surface area contributed by atoms with Crippen LogP contribution in [0.3, 0.4) is 0 Å². The Balaban J connectivity index is 0.000000385. The third kappa shape index (κ3) is 12.6. The summed E-state index contributed by atoms with van der Waals surface area (Å²) < 4.78 is 11.3. The van der Waals surface area contributed by atoms with Crippen molar-refractivity contribution in [3.63, 3.8) is 0 Å². The summed E-state index contributed by atoms with van der Waals surface area (Å²) in [6.45, 7) is 5.90. The number of para-hydroxylation sites is 2. The number of aryl methyl sites for hydroxylation is 1. The van der Waals surface area contributed by atoms with Crippen LogP contribution in [-0.4, -0.2) is 48.0 Å². The Morgan fingerprint density at radius 2 is 1.11 bits per heavy atom. The van der Waals surface area contributed by atoms with Crippen LogP contribution in [0.25, 0.3) is 11.4 Å². The topological polar surface area (TPSA) is 88.2 Å². The molecule has 0 aliphatic rings. The van der Waals surface area contributed by atoms with Gasteiger partial charge >= 0.3 is 11.9 Å². The molecule has 0 fully saturated rings. The van der Waals surface area contributed by atoms with Crippen molar-refractivity contribution in [1.82, 2.24) is 19.6 Å². The molecule has 0 saturated heterocycles. The van der Waals surface area contributed by atoms with Crippen molar-refractivity contribution < 1.29 is 19.1 Å². The Bertz CT molecular complexity index is 1540. The minimum Gasteiger partial charge on any atom is -0.461 e. The lowest BCUT2D eigenvalue weighted by atomic mass is 10.3. The van der Waals surface area contributed by atoms with Crippen molar-refractivity contribution in [3.05, 3.63) is 91.4 Å². The first-order valence-electron chi connectivity index (χ1n) is 12.3. The number of rotatable bonds is 7. The van der Waals surface area contributed by atoms with E-state index in [0.29, 0.717) is 50.0 Å². The molecule has 17 heteroatoms. The second-order valence-corrected chi connectivity index (χ2v) is 13.8. The van der Waals surface area contributed by atoms with Gasteiger partial charge in [0, 0.05) is 11.0 Å². The van der Waals surface area contributed by atoms with Gasteiger partial charge in [0.2, 0.25) is 0 Å². The Morgan fingerprint density at radius 1 is 0.756 bits per heavy atom. The minimum atomic E-state index is -1.61. The van der Waals surface area contributed by atoms with Crippen LogP contribution in [0.2, 0.25) is 20.1 Å². The van der Waals surface area contributed by atoms with E-state index in [2.05, 4.69) is 26.1 Å². The average molecular weight is 847 g/mol. The Hall–Kier alpha value is -1.40. The number of benzene rings is 2. The van der Waals surface area contributed by atoms with E-state index >= 15 is 0 Å². The largest absolute Gasteiger partial charge is 0.461 e. The standard InChI is InChI=1S/C13H11BrCl2N2O2.C13H12Cl2N2O2.CCl4.CH4/c1-2-20-13(19)11-6-8(7-14)18(17-11)12-9(15)4-3-5-10(12)16;1-3-19-13(18)11-7-8(2)17(16-11)12-9(14)5-4-6-10(12)15;2-1(3,4)5;/h3-6H,2,7H2,1H3;4-7H,3H2,1-2H3;;1H4. The number of halogens is 9. The predicted molar refractivity (Wildman–Crippen MR) is 189 cm³/mol. The molecule has 8 nitrogen and oxygen atoms in total. The highest BCUT2D eigenvalue weighted by molar-refractivity contribution is 9.08. The number of aromatic nitrogens is 4. The van der Waals surface area contributed by atoms with Crippen LogP contribution in [0.15, 0.2) is 48.5 Å². The van der Waals surface area contributed by atoms with E-state index in [1.165, 1.54) is 4.68 Å². The number of hydrogen-bond donors (Lipinski definition) is 0. The molecule has 0 bridgehead atoms. The molecular weight excluding hydrogens is 820 g/mol. The number of alkyl halides is 5. The number of esters is 2. The fourth-order valence-electron chi connectivity index (χ4n) is 3.40. The number of carbonyl (C=O) groups is 2. The van der Waals surface area contributed by atoms with Crippen molar-refractivity contribution in [2.45, 2.75) is 36.8 Å². The lowest BCUT2D eigenvalue weighted by Crippen LogP contribution is -2.07. The van der Waals surface area contributed by atoms with E-state index in [-0.39, 0.29) is 18.8 Å². The number of hydrogen-bond acceptors (Lipinski definition) is 6. The van der Waals surface area contributed by atoms with Crippen LogP contribution in [0.1, 0.15) is 53.6 Å². The summed E-state index contributed by atoms with van der Waals surface area (Å²) in [7, 11) is 0. The maximum absolute atomic E-state index is 11.7. The third-order valence-corrected chi connectivity index (χ3v) is 6.87.